The van der Waals surface area contributed by atoms with Gasteiger partial charge in [0.15, 0.2) is 22.8 Å². The van der Waals surface area contributed by atoms with Crippen molar-refractivity contribution >= 4 is 33.6 Å². The molecule has 0 aliphatic rings. The van der Waals surface area contributed by atoms with E-state index in [1.54, 1.807) is 25.4 Å². The van der Waals surface area contributed by atoms with Gasteiger partial charge in [-0.05, 0) is 19.2 Å². The van der Waals surface area contributed by atoms with E-state index in [1.165, 1.54) is 17.8 Å². The van der Waals surface area contributed by atoms with Crippen molar-refractivity contribution in [2.75, 3.05) is 6.26 Å². The van der Waals surface area contributed by atoms with Crippen LogP contribution in [0.25, 0.3) is 11.0 Å². The molecule has 7 heteroatoms. The topological polar surface area (TPSA) is 74.2 Å². The van der Waals surface area contributed by atoms with E-state index in [0.717, 1.165) is 0 Å². The van der Waals surface area contributed by atoms with Crippen LogP contribution in [-0.2, 0) is 0 Å². The normalized spacial score (nSPS) is 11.6. The first-order valence-corrected chi connectivity index (χ1v) is 6.21. The SMILES string of the molecule is CSC(=Nc1cc2c(C)noc2cc1F)NC#N. The second kappa shape index (κ2) is 5.06. The molecule has 0 aliphatic carbocycles. The van der Waals surface area contributed by atoms with Crippen LogP contribution in [0.3, 0.4) is 0 Å². The molecule has 0 saturated carbocycles. The molecule has 0 fully saturated rings. The van der Waals surface area contributed by atoms with Gasteiger partial charge >= 0.3 is 0 Å². The molecule has 18 heavy (non-hydrogen) atoms. The summed E-state index contributed by atoms with van der Waals surface area (Å²) in [4.78, 5) is 4.04. The van der Waals surface area contributed by atoms with Crippen molar-refractivity contribution in [3.8, 4) is 6.19 Å². The Morgan fingerprint density at radius 3 is 3.06 bits per heavy atom. The van der Waals surface area contributed by atoms with Gasteiger partial charge in [0.2, 0.25) is 0 Å². The average molecular weight is 264 g/mol. The molecule has 1 heterocycles. The van der Waals surface area contributed by atoms with Crippen molar-refractivity contribution < 1.29 is 8.91 Å². The van der Waals surface area contributed by atoms with E-state index in [9.17, 15) is 4.39 Å². The number of nitrogens with zero attached hydrogens (tertiary/aromatic N) is 3. The van der Waals surface area contributed by atoms with Gasteiger partial charge in [-0.25, -0.2) is 9.38 Å². The number of rotatable bonds is 1. The predicted molar refractivity (Wildman–Crippen MR) is 68.1 cm³/mol. The van der Waals surface area contributed by atoms with Crippen LogP contribution in [0.4, 0.5) is 10.1 Å². The molecule has 5 nitrogen and oxygen atoms in total. The summed E-state index contributed by atoms with van der Waals surface area (Å²) in [5.74, 6) is -0.523. The van der Waals surface area contributed by atoms with Crippen LogP contribution >= 0.6 is 11.8 Å². The largest absolute Gasteiger partial charge is 0.356 e. The summed E-state index contributed by atoms with van der Waals surface area (Å²) in [5.41, 5.74) is 1.18. The van der Waals surface area contributed by atoms with Crippen LogP contribution < -0.4 is 5.32 Å². The maximum atomic E-state index is 13.8. The standard InChI is InChI=1S/C11H9FN4OS/c1-6-7-3-9(15-11(18-2)14-5-13)8(12)4-10(7)17-16-6/h3-4H,1-2H3,(H,14,15). The van der Waals surface area contributed by atoms with Crippen molar-refractivity contribution in [3.63, 3.8) is 0 Å². The van der Waals surface area contributed by atoms with Gasteiger partial charge in [-0.2, -0.15) is 5.26 Å². The summed E-state index contributed by atoms with van der Waals surface area (Å²) in [6.45, 7) is 1.76. The van der Waals surface area contributed by atoms with Crippen LogP contribution in [0.15, 0.2) is 21.6 Å². The zero-order valence-corrected chi connectivity index (χ0v) is 10.5. The number of halogens is 1. The highest BCUT2D eigenvalue weighted by Crippen LogP contribution is 2.27. The van der Waals surface area contributed by atoms with Crippen molar-refractivity contribution in [2.24, 2.45) is 4.99 Å². The Morgan fingerprint density at radius 1 is 1.61 bits per heavy atom. The third-order valence-electron chi connectivity index (χ3n) is 2.30. The molecule has 2 rings (SSSR count). The Balaban J connectivity index is 2.53. The summed E-state index contributed by atoms with van der Waals surface area (Å²) < 4.78 is 18.7. The minimum Gasteiger partial charge on any atom is -0.356 e. The first-order valence-electron chi connectivity index (χ1n) is 4.99. The maximum absolute atomic E-state index is 13.8. The number of thioether (sulfide) groups is 1. The summed E-state index contributed by atoms with van der Waals surface area (Å²) in [6, 6.07) is 2.78. The molecule has 0 atom stereocenters. The Kier molecular flexibility index (Phi) is 3.48. The average Bonchev–Trinajstić information content (AvgIpc) is 2.70. The van der Waals surface area contributed by atoms with E-state index in [4.69, 9.17) is 9.78 Å². The van der Waals surface area contributed by atoms with E-state index < -0.39 is 5.82 Å². The lowest BCUT2D eigenvalue weighted by Gasteiger charge is -2.01. The minimum absolute atomic E-state index is 0.140. The van der Waals surface area contributed by atoms with Crippen molar-refractivity contribution in [1.82, 2.24) is 10.5 Å². The number of amidine groups is 1. The van der Waals surface area contributed by atoms with Gasteiger partial charge in [-0.15, -0.1) is 0 Å². The predicted octanol–water partition coefficient (Wildman–Crippen LogP) is 2.70. The first kappa shape index (κ1) is 12.4. The number of nitriles is 1. The molecule has 1 aromatic heterocycles. The van der Waals surface area contributed by atoms with Gasteiger partial charge in [-0.1, -0.05) is 16.9 Å². The molecule has 0 unspecified atom stereocenters. The van der Waals surface area contributed by atoms with Gasteiger partial charge in [0.05, 0.1) is 5.69 Å². The van der Waals surface area contributed by atoms with E-state index in [-0.39, 0.29) is 5.69 Å². The molecule has 0 amide bonds. The first-order chi connectivity index (χ1) is 8.65. The molecule has 0 saturated heterocycles. The van der Waals surface area contributed by atoms with E-state index >= 15 is 0 Å². The highest BCUT2D eigenvalue weighted by atomic mass is 32.2. The highest BCUT2D eigenvalue weighted by Gasteiger charge is 2.10. The Bertz CT molecular complexity index is 659. The fourth-order valence-corrected chi connectivity index (χ4v) is 1.77. The zero-order valence-electron chi connectivity index (χ0n) is 9.69. The van der Waals surface area contributed by atoms with Crippen molar-refractivity contribution in [3.05, 3.63) is 23.6 Å². The smallest absolute Gasteiger partial charge is 0.183 e. The summed E-state index contributed by atoms with van der Waals surface area (Å²) >= 11 is 1.22. The van der Waals surface area contributed by atoms with E-state index in [1.807, 2.05) is 0 Å². The number of nitrogens with one attached hydrogen (secondary N) is 1. The second-order valence-electron chi connectivity index (χ2n) is 3.43. The third-order valence-corrected chi connectivity index (χ3v) is 2.88. The van der Waals surface area contributed by atoms with Gasteiger partial charge in [0.25, 0.3) is 0 Å². The van der Waals surface area contributed by atoms with Crippen LogP contribution in [0.5, 0.6) is 0 Å². The van der Waals surface area contributed by atoms with Crippen LogP contribution in [-0.4, -0.2) is 16.6 Å². The van der Waals surface area contributed by atoms with Crippen LogP contribution in [0, 0.1) is 24.2 Å². The fourth-order valence-electron chi connectivity index (χ4n) is 1.44. The molecule has 1 aromatic carbocycles. The number of benzene rings is 1. The Hall–Kier alpha value is -2.07. The number of fused-ring (bicyclic) bond motifs is 1. The molecular weight excluding hydrogens is 255 g/mol. The molecule has 0 bridgehead atoms. The lowest BCUT2D eigenvalue weighted by molar-refractivity contribution is 0.449. The lowest BCUT2D eigenvalue weighted by Crippen LogP contribution is -2.12. The molecule has 0 aliphatic heterocycles. The van der Waals surface area contributed by atoms with Gasteiger partial charge in [0.1, 0.15) is 5.69 Å². The van der Waals surface area contributed by atoms with Gasteiger partial charge in [0, 0.05) is 11.5 Å². The fraction of sp³-hybridized carbons (Fsp3) is 0.182. The molecule has 1 N–H and O–H groups in total. The maximum Gasteiger partial charge on any atom is 0.183 e. The van der Waals surface area contributed by atoms with Crippen LogP contribution in [0.2, 0.25) is 0 Å². The third kappa shape index (κ3) is 2.28. The number of hydrogen-bond donors (Lipinski definition) is 1. The summed E-state index contributed by atoms with van der Waals surface area (Å²) in [6.07, 6.45) is 3.49. The van der Waals surface area contributed by atoms with Crippen molar-refractivity contribution in [2.45, 2.75) is 6.92 Å². The molecule has 2 aromatic rings. The minimum atomic E-state index is -0.523. The number of aliphatic imine (C=N–C) groups is 1. The van der Waals surface area contributed by atoms with Crippen LogP contribution in [0.1, 0.15) is 5.69 Å². The highest BCUT2D eigenvalue weighted by molar-refractivity contribution is 8.13. The lowest BCUT2D eigenvalue weighted by atomic mass is 10.2. The number of aryl methyl sites for hydroxylation is 1. The summed E-state index contributed by atoms with van der Waals surface area (Å²) in [7, 11) is 0. The molecule has 0 spiro atoms. The van der Waals surface area contributed by atoms with E-state index in [0.29, 0.717) is 21.8 Å². The quantitative estimate of drug-likeness (QED) is 0.371. The van der Waals surface area contributed by atoms with Gasteiger partial charge < -0.3 is 4.52 Å². The monoisotopic (exact) mass is 264 g/mol. The molecule has 92 valence electrons. The zero-order chi connectivity index (χ0) is 13.1. The Morgan fingerprint density at radius 2 is 2.39 bits per heavy atom. The number of hydrogen-bond acceptors (Lipinski definition) is 5. The van der Waals surface area contributed by atoms with Gasteiger partial charge in [-0.3, -0.25) is 5.32 Å². The Labute approximate surface area is 107 Å². The second-order valence-corrected chi connectivity index (χ2v) is 4.22. The van der Waals surface area contributed by atoms with E-state index in [2.05, 4.69) is 15.5 Å². The summed E-state index contributed by atoms with van der Waals surface area (Å²) in [5, 5.41) is 15.7. The molecule has 0 radical (unpaired) electrons. The number of aromatic nitrogens is 1. The van der Waals surface area contributed by atoms with Crippen molar-refractivity contribution in [1.29, 1.82) is 5.26 Å². The molecular formula is C11H9FN4OS.